The Hall–Kier alpha value is -3.48. The van der Waals surface area contributed by atoms with Crippen LogP contribution in [0.4, 0.5) is 5.69 Å². The van der Waals surface area contributed by atoms with E-state index in [1.807, 2.05) is 54.4 Å². The molecule has 0 bridgehead atoms. The van der Waals surface area contributed by atoms with E-state index in [0.717, 1.165) is 65.0 Å². The number of rotatable bonds is 12. The van der Waals surface area contributed by atoms with E-state index >= 15 is 0 Å². The largest absolute Gasteiger partial charge is 0.497 e. The number of fused-ring (bicyclic) bond motifs is 1. The molecule has 7 nitrogen and oxygen atoms in total. The molecule has 0 aliphatic rings. The Morgan fingerprint density at radius 1 is 0.912 bits per heavy atom. The van der Waals surface area contributed by atoms with Crippen LogP contribution in [0.15, 0.2) is 42.5 Å². The van der Waals surface area contributed by atoms with Crippen molar-refractivity contribution in [2.24, 2.45) is 7.05 Å². The van der Waals surface area contributed by atoms with Gasteiger partial charge < -0.3 is 24.0 Å². The number of aryl methyl sites for hydroxylation is 1. The van der Waals surface area contributed by atoms with Gasteiger partial charge in [-0.15, -0.1) is 0 Å². The number of ether oxygens (including phenoxy) is 2. The van der Waals surface area contributed by atoms with Gasteiger partial charge in [-0.2, -0.15) is 0 Å². The van der Waals surface area contributed by atoms with Crippen molar-refractivity contribution in [1.82, 2.24) is 4.57 Å². The molecule has 1 aromatic heterocycles. The second kappa shape index (κ2) is 11.6. The number of hydrogen-bond acceptors (Lipinski definition) is 4. The summed E-state index contributed by atoms with van der Waals surface area (Å²) in [7, 11) is 5.29. The lowest BCUT2D eigenvalue weighted by molar-refractivity contribution is -0.137. The van der Waals surface area contributed by atoms with Crippen molar-refractivity contribution in [3.63, 3.8) is 0 Å². The van der Waals surface area contributed by atoms with Crippen LogP contribution in [0.3, 0.4) is 0 Å². The van der Waals surface area contributed by atoms with Gasteiger partial charge in [0.2, 0.25) is 5.91 Å². The third-order valence-corrected chi connectivity index (χ3v) is 6.17. The molecule has 34 heavy (non-hydrogen) atoms. The Bertz CT molecular complexity index is 1130. The first-order valence-corrected chi connectivity index (χ1v) is 11.7. The molecule has 0 aliphatic heterocycles. The van der Waals surface area contributed by atoms with Gasteiger partial charge in [-0.1, -0.05) is 19.3 Å². The van der Waals surface area contributed by atoms with Crippen molar-refractivity contribution < 1.29 is 24.2 Å². The maximum Gasteiger partial charge on any atom is 0.303 e. The van der Waals surface area contributed by atoms with E-state index in [1.54, 1.807) is 21.1 Å². The van der Waals surface area contributed by atoms with Crippen LogP contribution < -0.4 is 14.4 Å². The average Bonchev–Trinajstić information content (AvgIpc) is 3.11. The highest BCUT2D eigenvalue weighted by atomic mass is 16.5. The summed E-state index contributed by atoms with van der Waals surface area (Å²) in [6, 6.07) is 13.8. The Morgan fingerprint density at radius 3 is 2.15 bits per heavy atom. The van der Waals surface area contributed by atoms with Gasteiger partial charge >= 0.3 is 5.97 Å². The van der Waals surface area contributed by atoms with Crippen molar-refractivity contribution >= 4 is 28.5 Å². The molecule has 1 N–H and O–H groups in total. The Balaban J connectivity index is 1.95. The van der Waals surface area contributed by atoms with Gasteiger partial charge in [-0.3, -0.25) is 9.59 Å². The standard InChI is InChI=1S/C27H34N2O5/c1-19(30)29(17-9-7-5-6-8-10-25(31)32)27-23-18-22(34-4)15-16-24(23)28(2)26(27)20-11-13-21(33-3)14-12-20/h11-16,18H,5-10,17H2,1-4H3,(H,31,32). The zero-order valence-electron chi connectivity index (χ0n) is 20.5. The number of aromatic nitrogens is 1. The molecule has 0 aliphatic carbocycles. The molecule has 0 spiro atoms. The van der Waals surface area contributed by atoms with E-state index < -0.39 is 5.97 Å². The molecule has 182 valence electrons. The van der Waals surface area contributed by atoms with Crippen LogP contribution in [0, 0.1) is 0 Å². The Labute approximate surface area is 200 Å². The predicted molar refractivity (Wildman–Crippen MR) is 135 cm³/mol. The van der Waals surface area contributed by atoms with Crippen LogP contribution in [-0.4, -0.2) is 42.3 Å². The predicted octanol–water partition coefficient (Wildman–Crippen LogP) is 5.64. The van der Waals surface area contributed by atoms with Crippen LogP contribution >= 0.6 is 0 Å². The lowest BCUT2D eigenvalue weighted by Crippen LogP contribution is -2.30. The smallest absolute Gasteiger partial charge is 0.303 e. The second-order valence-corrected chi connectivity index (χ2v) is 8.45. The molecule has 0 saturated carbocycles. The number of carboxylic acids is 1. The zero-order chi connectivity index (χ0) is 24.7. The number of carboxylic acid groups (broad SMARTS) is 1. The monoisotopic (exact) mass is 466 g/mol. The summed E-state index contributed by atoms with van der Waals surface area (Å²) in [6.45, 7) is 2.19. The summed E-state index contributed by atoms with van der Waals surface area (Å²) in [5.74, 6) is 0.746. The third kappa shape index (κ3) is 5.71. The van der Waals surface area contributed by atoms with Crippen molar-refractivity contribution in [2.75, 3.05) is 25.7 Å². The minimum atomic E-state index is -0.750. The van der Waals surface area contributed by atoms with Crippen molar-refractivity contribution in [2.45, 2.75) is 45.4 Å². The molecule has 0 atom stereocenters. The summed E-state index contributed by atoms with van der Waals surface area (Å²) in [6.07, 6.45) is 4.52. The fraction of sp³-hybridized carbons (Fsp3) is 0.407. The van der Waals surface area contributed by atoms with Gasteiger partial charge in [0, 0.05) is 37.9 Å². The van der Waals surface area contributed by atoms with Crippen molar-refractivity contribution in [3.8, 4) is 22.8 Å². The summed E-state index contributed by atoms with van der Waals surface area (Å²) < 4.78 is 12.9. The number of carbonyl (C=O) groups excluding carboxylic acids is 1. The first-order valence-electron chi connectivity index (χ1n) is 11.7. The number of benzene rings is 2. The number of anilines is 1. The molecule has 0 saturated heterocycles. The van der Waals surface area contributed by atoms with Gasteiger partial charge in [0.1, 0.15) is 11.5 Å². The maximum atomic E-state index is 12.9. The van der Waals surface area contributed by atoms with Gasteiger partial charge in [0.15, 0.2) is 0 Å². The van der Waals surface area contributed by atoms with Crippen LogP contribution in [-0.2, 0) is 16.6 Å². The molecule has 0 unspecified atom stereocenters. The zero-order valence-corrected chi connectivity index (χ0v) is 20.5. The number of methoxy groups -OCH3 is 2. The fourth-order valence-corrected chi connectivity index (χ4v) is 4.39. The number of hydrogen-bond donors (Lipinski definition) is 1. The molecule has 2 aromatic carbocycles. The topological polar surface area (TPSA) is 81.0 Å². The summed E-state index contributed by atoms with van der Waals surface area (Å²) in [5.41, 5.74) is 3.84. The maximum absolute atomic E-state index is 12.9. The summed E-state index contributed by atoms with van der Waals surface area (Å²) in [5, 5.41) is 9.75. The first kappa shape index (κ1) is 25.1. The lowest BCUT2D eigenvalue weighted by Gasteiger charge is -2.23. The van der Waals surface area contributed by atoms with Gasteiger partial charge in [-0.05, 0) is 55.3 Å². The molecule has 3 rings (SSSR count). The number of aliphatic carboxylic acids is 1. The Kier molecular flexibility index (Phi) is 8.57. The van der Waals surface area contributed by atoms with E-state index in [0.29, 0.717) is 13.0 Å². The third-order valence-electron chi connectivity index (χ3n) is 6.17. The van der Waals surface area contributed by atoms with Crippen LogP contribution in [0.2, 0.25) is 0 Å². The minimum absolute atomic E-state index is 0.0176. The summed E-state index contributed by atoms with van der Waals surface area (Å²) >= 11 is 0. The summed E-state index contributed by atoms with van der Waals surface area (Å²) in [4.78, 5) is 25.4. The normalized spacial score (nSPS) is 10.9. The molecule has 0 radical (unpaired) electrons. The van der Waals surface area contributed by atoms with Crippen molar-refractivity contribution in [1.29, 1.82) is 0 Å². The van der Waals surface area contributed by atoms with Gasteiger partial charge in [-0.25, -0.2) is 0 Å². The lowest BCUT2D eigenvalue weighted by atomic mass is 10.1. The highest BCUT2D eigenvalue weighted by Crippen LogP contribution is 2.42. The van der Waals surface area contributed by atoms with Gasteiger partial charge in [0.25, 0.3) is 0 Å². The molecular weight excluding hydrogens is 432 g/mol. The van der Waals surface area contributed by atoms with E-state index in [1.165, 1.54) is 0 Å². The van der Waals surface area contributed by atoms with Crippen molar-refractivity contribution in [3.05, 3.63) is 42.5 Å². The molecule has 7 heteroatoms. The van der Waals surface area contributed by atoms with E-state index in [4.69, 9.17) is 14.6 Å². The average molecular weight is 467 g/mol. The number of nitrogens with zero attached hydrogens (tertiary/aromatic N) is 2. The van der Waals surface area contributed by atoms with Crippen LogP contribution in [0.5, 0.6) is 11.5 Å². The van der Waals surface area contributed by atoms with E-state index in [-0.39, 0.29) is 12.3 Å². The molecule has 1 heterocycles. The van der Waals surface area contributed by atoms with E-state index in [2.05, 4.69) is 4.57 Å². The first-order chi connectivity index (χ1) is 16.4. The molecule has 1 amide bonds. The molecule has 3 aromatic rings. The SMILES string of the molecule is COc1ccc(-c2c(N(CCCCCCCC(=O)O)C(C)=O)c3cc(OC)ccc3n2C)cc1. The number of unbranched alkanes of at least 4 members (excludes halogenated alkanes) is 4. The number of carbonyl (C=O) groups is 2. The quantitative estimate of drug-likeness (QED) is 0.349. The highest BCUT2D eigenvalue weighted by Gasteiger charge is 2.24. The molecular formula is C27H34N2O5. The molecule has 0 fully saturated rings. The van der Waals surface area contributed by atoms with Crippen LogP contribution in [0.1, 0.15) is 45.4 Å². The van der Waals surface area contributed by atoms with E-state index in [9.17, 15) is 9.59 Å². The van der Waals surface area contributed by atoms with Crippen LogP contribution in [0.25, 0.3) is 22.2 Å². The number of amides is 1. The Morgan fingerprint density at radius 2 is 1.53 bits per heavy atom. The highest BCUT2D eigenvalue weighted by molar-refractivity contribution is 6.09. The minimum Gasteiger partial charge on any atom is -0.497 e. The second-order valence-electron chi connectivity index (χ2n) is 8.45. The van der Waals surface area contributed by atoms with Gasteiger partial charge in [0.05, 0.1) is 31.1 Å². The fourth-order valence-electron chi connectivity index (χ4n) is 4.39.